The summed E-state index contributed by atoms with van der Waals surface area (Å²) in [5.74, 6) is -5.19. The highest BCUT2D eigenvalue weighted by atomic mass is 35.5. The van der Waals surface area contributed by atoms with Crippen molar-refractivity contribution in [1.29, 1.82) is 0 Å². The molecule has 222 valence electrons. The van der Waals surface area contributed by atoms with Gasteiger partial charge in [0.25, 0.3) is 17.7 Å². The molecule has 0 fully saturated rings. The van der Waals surface area contributed by atoms with Gasteiger partial charge in [-0.2, -0.15) is 0 Å². The van der Waals surface area contributed by atoms with Gasteiger partial charge in [-0.05, 0) is 24.3 Å². The fraction of sp³-hybridized carbons (Fsp3) is 0.269. The van der Waals surface area contributed by atoms with Crippen molar-refractivity contribution in [3.63, 3.8) is 0 Å². The predicted octanol–water partition coefficient (Wildman–Crippen LogP) is 0.581. The standard InChI is InChI=1S/C26H25Cl2N5O9/c1-13(36)29-24-16(27)6-14(7-17(24)28)25(41)31-18-9-32(22(38)12-35)19-4-2-3-5-20(19)33(26(18)42)10-21(37)30-15(11-34)8-23(39)40/h2-7,11,15,18,35H,8-10,12H2,1H3,(H,29,36)(H,30,37)(H,31,41)(H,39,40). The van der Waals surface area contributed by atoms with E-state index in [1.165, 1.54) is 37.3 Å². The second-order valence-corrected chi connectivity index (χ2v) is 9.82. The number of carboxylic acids is 1. The summed E-state index contributed by atoms with van der Waals surface area (Å²) in [5.41, 5.74) is 0.179. The number of benzene rings is 2. The molecule has 2 atom stereocenters. The molecule has 0 aromatic heterocycles. The predicted molar refractivity (Wildman–Crippen MR) is 151 cm³/mol. The molecule has 0 spiro atoms. The summed E-state index contributed by atoms with van der Waals surface area (Å²) in [4.78, 5) is 88.2. The maximum absolute atomic E-state index is 13.8. The van der Waals surface area contributed by atoms with Crippen molar-refractivity contribution < 1.29 is 43.8 Å². The first-order valence-corrected chi connectivity index (χ1v) is 13.0. The zero-order chi connectivity index (χ0) is 31.1. The Balaban J connectivity index is 1.98. The number of aliphatic carboxylic acids is 1. The highest BCUT2D eigenvalue weighted by Crippen LogP contribution is 2.34. The van der Waals surface area contributed by atoms with Gasteiger partial charge in [-0.3, -0.25) is 33.7 Å². The summed E-state index contributed by atoms with van der Waals surface area (Å²) in [6.07, 6.45) is -0.453. The van der Waals surface area contributed by atoms with Crippen LogP contribution in [0.25, 0.3) is 0 Å². The second-order valence-electron chi connectivity index (χ2n) is 9.01. The third kappa shape index (κ3) is 7.60. The Morgan fingerprint density at radius 1 is 1.10 bits per heavy atom. The molecule has 0 bridgehead atoms. The van der Waals surface area contributed by atoms with Gasteiger partial charge in [-0.15, -0.1) is 0 Å². The van der Waals surface area contributed by atoms with Gasteiger partial charge >= 0.3 is 5.97 Å². The summed E-state index contributed by atoms with van der Waals surface area (Å²) in [5, 5.41) is 25.6. The van der Waals surface area contributed by atoms with Gasteiger partial charge in [-0.1, -0.05) is 35.3 Å². The first kappa shape index (κ1) is 32.0. The van der Waals surface area contributed by atoms with E-state index in [-0.39, 0.29) is 39.0 Å². The molecule has 5 amide bonds. The number of hydrogen-bond donors (Lipinski definition) is 5. The molecule has 0 aliphatic carbocycles. The molecule has 0 radical (unpaired) electrons. The fourth-order valence-corrected chi connectivity index (χ4v) is 4.72. The van der Waals surface area contributed by atoms with Crippen molar-refractivity contribution >= 4 is 82.1 Å². The first-order valence-electron chi connectivity index (χ1n) is 12.2. The Bertz CT molecular complexity index is 1430. The van der Waals surface area contributed by atoms with Crippen molar-refractivity contribution in [2.24, 2.45) is 0 Å². The van der Waals surface area contributed by atoms with E-state index in [1.54, 1.807) is 6.07 Å². The van der Waals surface area contributed by atoms with Gasteiger partial charge in [0.2, 0.25) is 11.8 Å². The number of nitrogens with one attached hydrogen (secondary N) is 3. The van der Waals surface area contributed by atoms with Crippen LogP contribution in [-0.2, 0) is 28.8 Å². The van der Waals surface area contributed by atoms with Crippen LogP contribution in [0.15, 0.2) is 36.4 Å². The molecule has 0 saturated heterocycles. The van der Waals surface area contributed by atoms with E-state index in [4.69, 9.17) is 28.3 Å². The number of amides is 5. The number of rotatable bonds is 10. The number of nitrogens with zero attached hydrogens (tertiary/aromatic N) is 2. The Morgan fingerprint density at radius 2 is 1.71 bits per heavy atom. The van der Waals surface area contributed by atoms with E-state index in [0.717, 1.165) is 9.80 Å². The summed E-state index contributed by atoms with van der Waals surface area (Å²) < 4.78 is 0. The van der Waals surface area contributed by atoms with E-state index in [0.29, 0.717) is 0 Å². The van der Waals surface area contributed by atoms with Gasteiger partial charge in [0.05, 0.1) is 46.1 Å². The lowest BCUT2D eigenvalue weighted by molar-refractivity contribution is -0.139. The normalized spacial score (nSPS) is 15.1. The molecule has 16 heteroatoms. The molecular formula is C26H25Cl2N5O9. The van der Waals surface area contributed by atoms with Crippen LogP contribution >= 0.6 is 23.2 Å². The van der Waals surface area contributed by atoms with Crippen LogP contribution in [0.2, 0.25) is 10.0 Å². The minimum atomic E-state index is -1.47. The van der Waals surface area contributed by atoms with Crippen LogP contribution in [0, 0.1) is 0 Å². The van der Waals surface area contributed by atoms with Crippen molar-refractivity contribution in [2.75, 3.05) is 34.8 Å². The Hall–Kier alpha value is -4.53. The first-order chi connectivity index (χ1) is 19.9. The fourth-order valence-electron chi connectivity index (χ4n) is 4.14. The number of halogens is 2. The van der Waals surface area contributed by atoms with Gasteiger partial charge in [0.1, 0.15) is 25.5 Å². The Labute approximate surface area is 248 Å². The number of aldehydes is 1. The van der Waals surface area contributed by atoms with Crippen LogP contribution in [0.3, 0.4) is 0 Å². The third-order valence-corrected chi connectivity index (χ3v) is 6.54. The van der Waals surface area contributed by atoms with Crippen LogP contribution in [0.4, 0.5) is 17.1 Å². The van der Waals surface area contributed by atoms with Crippen LogP contribution in [0.1, 0.15) is 23.7 Å². The second kappa shape index (κ2) is 13.9. The number of hydrogen-bond acceptors (Lipinski definition) is 8. The number of anilines is 3. The van der Waals surface area contributed by atoms with Crippen molar-refractivity contribution in [3.05, 3.63) is 52.0 Å². The maximum Gasteiger partial charge on any atom is 0.305 e. The zero-order valence-electron chi connectivity index (χ0n) is 21.9. The van der Waals surface area contributed by atoms with Gasteiger partial charge in [-0.25, -0.2) is 0 Å². The SMILES string of the molecule is CC(=O)Nc1c(Cl)cc(C(=O)NC2CN(C(=O)CO)c3ccccc3N(CC(=O)NC(C=O)CC(=O)O)C2=O)cc1Cl. The smallest absolute Gasteiger partial charge is 0.305 e. The molecule has 1 aliphatic rings. The monoisotopic (exact) mass is 621 g/mol. The van der Waals surface area contributed by atoms with E-state index in [2.05, 4.69) is 16.0 Å². The summed E-state index contributed by atoms with van der Waals surface area (Å²) in [7, 11) is 0. The number of aliphatic hydroxyl groups is 1. The molecule has 0 saturated carbocycles. The largest absolute Gasteiger partial charge is 0.481 e. The minimum absolute atomic E-state index is 0.0658. The quantitative estimate of drug-likeness (QED) is 0.235. The number of para-hydroxylation sites is 2. The Morgan fingerprint density at radius 3 is 2.26 bits per heavy atom. The average molecular weight is 622 g/mol. The summed E-state index contributed by atoms with van der Waals surface area (Å²) in [6, 6.07) is 5.53. The number of carbonyl (C=O) groups excluding carboxylic acids is 6. The zero-order valence-corrected chi connectivity index (χ0v) is 23.4. The van der Waals surface area contributed by atoms with Crippen LogP contribution < -0.4 is 25.8 Å². The molecule has 2 aromatic carbocycles. The highest BCUT2D eigenvalue weighted by Gasteiger charge is 2.38. The topological polar surface area (TPSA) is 203 Å². The van der Waals surface area contributed by atoms with E-state index in [1.807, 2.05) is 0 Å². The molecule has 3 rings (SSSR count). The lowest BCUT2D eigenvalue weighted by Gasteiger charge is -2.25. The molecule has 5 N–H and O–H groups in total. The van der Waals surface area contributed by atoms with Gasteiger partial charge in [0.15, 0.2) is 0 Å². The molecule has 1 heterocycles. The average Bonchev–Trinajstić information content (AvgIpc) is 3.04. The van der Waals surface area contributed by atoms with Gasteiger partial charge in [0, 0.05) is 12.5 Å². The molecule has 1 aliphatic heterocycles. The third-order valence-electron chi connectivity index (χ3n) is 5.95. The van der Waals surface area contributed by atoms with Crippen molar-refractivity contribution in [3.8, 4) is 0 Å². The van der Waals surface area contributed by atoms with Crippen LogP contribution in [-0.4, -0.2) is 83.8 Å². The summed E-state index contributed by atoms with van der Waals surface area (Å²) >= 11 is 12.4. The van der Waals surface area contributed by atoms with Crippen LogP contribution in [0.5, 0.6) is 0 Å². The molecule has 14 nitrogen and oxygen atoms in total. The van der Waals surface area contributed by atoms with Gasteiger partial charge < -0.3 is 35.9 Å². The number of aliphatic hydroxyl groups excluding tert-OH is 1. The molecule has 42 heavy (non-hydrogen) atoms. The number of carboxylic acid groups (broad SMARTS) is 1. The van der Waals surface area contributed by atoms with Crippen molar-refractivity contribution in [1.82, 2.24) is 10.6 Å². The molecule has 2 aromatic rings. The maximum atomic E-state index is 13.8. The molecule has 2 unspecified atom stereocenters. The van der Waals surface area contributed by atoms with E-state index < -0.39 is 73.7 Å². The minimum Gasteiger partial charge on any atom is -0.481 e. The van der Waals surface area contributed by atoms with E-state index in [9.17, 15) is 38.7 Å². The number of carbonyl (C=O) groups is 7. The van der Waals surface area contributed by atoms with Crippen molar-refractivity contribution in [2.45, 2.75) is 25.4 Å². The lowest BCUT2D eigenvalue weighted by atomic mass is 10.1. The highest BCUT2D eigenvalue weighted by molar-refractivity contribution is 6.40. The Kier molecular flexibility index (Phi) is 10.6. The van der Waals surface area contributed by atoms with E-state index >= 15 is 0 Å². The lowest BCUT2D eigenvalue weighted by Crippen LogP contribution is -2.55. The number of fused-ring (bicyclic) bond motifs is 1. The molecular weight excluding hydrogens is 597 g/mol. The summed E-state index contributed by atoms with van der Waals surface area (Å²) in [6.45, 7) is -0.855.